The van der Waals surface area contributed by atoms with Crippen LogP contribution >= 0.6 is 24.4 Å². The first kappa shape index (κ1) is 34.5. The Bertz CT molecular complexity index is 448. The molecule has 0 aliphatic carbocycles. The van der Waals surface area contributed by atoms with Gasteiger partial charge in [-0.3, -0.25) is 0 Å². The summed E-state index contributed by atoms with van der Waals surface area (Å²) in [6, 6.07) is 0. The van der Waals surface area contributed by atoms with E-state index in [0.29, 0.717) is 12.8 Å². The van der Waals surface area contributed by atoms with E-state index in [9.17, 15) is 19.8 Å². The molecular weight excluding hydrogens is 392 g/mol. The summed E-state index contributed by atoms with van der Waals surface area (Å²) in [7, 11) is 0. The van der Waals surface area contributed by atoms with Crippen molar-refractivity contribution in [2.45, 2.75) is 25.7 Å². The molecule has 154 valence electrons. The summed E-state index contributed by atoms with van der Waals surface area (Å²) in [5.41, 5.74) is 29.5. The Morgan fingerprint density at radius 1 is 0.692 bits per heavy atom. The highest BCUT2D eigenvalue weighted by atomic mass is 32.1. The van der Waals surface area contributed by atoms with Gasteiger partial charge in [-0.25, -0.2) is 9.98 Å². The number of aliphatic carboxylic acids is 2. The summed E-state index contributed by atoms with van der Waals surface area (Å²) in [6.45, 7) is 0. The van der Waals surface area contributed by atoms with E-state index < -0.39 is 11.9 Å². The molecule has 0 spiro atoms. The van der Waals surface area contributed by atoms with Crippen molar-refractivity contribution in [3.63, 3.8) is 0 Å². The smallest absolute Gasteiger partial charge is 0.303 e. The summed E-state index contributed by atoms with van der Waals surface area (Å²) in [4.78, 5) is 24.1. The Balaban J connectivity index is -0.0000000836. The Hall–Kier alpha value is -2.82. The average Bonchev–Trinajstić information content (AvgIpc) is 2.32. The molecule has 26 heavy (non-hydrogen) atoms. The summed E-state index contributed by atoms with van der Waals surface area (Å²) in [5, 5.41) is 19.7. The molecule has 18 N–H and O–H groups in total. The Morgan fingerprint density at radius 3 is 1.00 bits per heavy atom. The maximum Gasteiger partial charge on any atom is 0.303 e. The van der Waals surface area contributed by atoms with Crippen molar-refractivity contribution >= 4 is 58.5 Å². The zero-order chi connectivity index (χ0) is 19.7. The van der Waals surface area contributed by atoms with E-state index in [-0.39, 0.29) is 45.9 Å². The third-order valence-electron chi connectivity index (χ3n) is 1.55. The van der Waals surface area contributed by atoms with Crippen molar-refractivity contribution in [3.05, 3.63) is 0 Å². The normalized spacial score (nSPS) is 7.54. The van der Waals surface area contributed by atoms with Crippen LogP contribution < -0.4 is 54.6 Å². The molecule has 0 aliphatic heterocycles. The quantitative estimate of drug-likeness (QED) is 0.0892. The van der Waals surface area contributed by atoms with Gasteiger partial charge >= 0.3 is 11.9 Å². The van der Waals surface area contributed by atoms with Gasteiger partial charge in [-0.05, 0) is 50.1 Å². The van der Waals surface area contributed by atoms with E-state index >= 15 is 0 Å². The molecule has 0 aliphatic rings. The van der Waals surface area contributed by atoms with Gasteiger partial charge in [0.2, 0.25) is 0 Å². The lowest BCUT2D eigenvalue weighted by atomic mass is 10.2. The molecule has 0 unspecified atom stereocenters. The molecule has 0 bridgehead atoms. The number of carbonyl (C=O) groups excluding carboxylic acids is 2. The number of guanidine groups is 2. The Labute approximate surface area is 159 Å². The Morgan fingerprint density at radius 2 is 0.923 bits per heavy atom. The topological polar surface area (TPSA) is 327 Å². The number of hydrogen-bond donors (Lipinski definition) is 8. The van der Waals surface area contributed by atoms with Crippen LogP contribution in [0.4, 0.5) is 0 Å². The van der Waals surface area contributed by atoms with Gasteiger partial charge < -0.3 is 65.2 Å². The van der Waals surface area contributed by atoms with Crippen molar-refractivity contribution in [1.29, 1.82) is 0 Å². The van der Waals surface area contributed by atoms with Crippen LogP contribution in [0, 0.1) is 0 Å². The van der Waals surface area contributed by atoms with Crippen molar-refractivity contribution in [2.75, 3.05) is 0 Å². The summed E-state index contributed by atoms with van der Waals surface area (Å²) >= 11 is 8.72. The van der Waals surface area contributed by atoms with Crippen LogP contribution in [0.1, 0.15) is 25.7 Å². The second-order valence-electron chi connectivity index (χ2n) is 3.84. The van der Waals surface area contributed by atoms with Crippen molar-refractivity contribution in [1.82, 2.24) is 0 Å². The number of rotatable bonds is 5. The summed E-state index contributed by atoms with van der Waals surface area (Å²) < 4.78 is 0. The van der Waals surface area contributed by atoms with E-state index in [2.05, 4.69) is 34.4 Å². The fraction of sp³-hybridized carbons (Fsp3) is 0.400. The maximum atomic E-state index is 9.77. The first-order chi connectivity index (χ1) is 10.9. The maximum absolute atomic E-state index is 9.77. The van der Waals surface area contributed by atoms with E-state index in [0.717, 1.165) is 0 Å². The monoisotopic (exact) mass is 418 g/mol. The van der Waals surface area contributed by atoms with Gasteiger partial charge in [0.15, 0.2) is 0 Å². The molecule has 0 aromatic rings. The molecular formula is C10H26N8O6S2. The molecule has 0 saturated heterocycles. The lowest BCUT2D eigenvalue weighted by molar-refractivity contribution is -0.316. The number of unbranched alkanes of at least 4 members (excludes halogenated alkanes) is 1. The van der Waals surface area contributed by atoms with Crippen molar-refractivity contribution in [2.24, 2.45) is 34.4 Å². The largest absolute Gasteiger partial charge is 0.550 e. The molecule has 0 saturated carbocycles. The molecule has 0 radical (unpaired) electrons. The molecule has 0 heterocycles. The minimum absolute atomic E-state index is 0. The Kier molecular flexibility index (Phi) is 29.4. The summed E-state index contributed by atoms with van der Waals surface area (Å²) in [6.07, 6.45) is 0.535. The van der Waals surface area contributed by atoms with Gasteiger partial charge in [0, 0.05) is 11.9 Å². The highest BCUT2D eigenvalue weighted by molar-refractivity contribution is 7.80. The SMILES string of the molecule is NC(=S)[NH+]=C(N)N.NC(=S)[NH+]=C(N)N.O.O.O=C([O-])CCCCC(=O)[O-]. The standard InChI is InChI=1S/C6H10O4.2C2H6N4S.2H2O/c7-5(8)3-1-2-4-6(9)10;2*3-1(4)6-2(5)7;;/h1-4H2,(H,7,8)(H,9,10);2*(H6,3,4,5,6,7);2*1H2. The molecule has 0 atom stereocenters. The molecule has 0 aromatic heterocycles. The summed E-state index contributed by atoms with van der Waals surface area (Å²) in [5.74, 6) is -2.24. The van der Waals surface area contributed by atoms with Gasteiger partial charge in [-0.2, -0.15) is 0 Å². The second-order valence-corrected chi connectivity index (χ2v) is 4.72. The highest BCUT2D eigenvalue weighted by Gasteiger charge is 1.89. The third-order valence-corrected chi connectivity index (χ3v) is 1.75. The van der Waals surface area contributed by atoms with Crippen LogP contribution in [0.3, 0.4) is 0 Å². The fourth-order valence-electron chi connectivity index (χ4n) is 0.823. The highest BCUT2D eigenvalue weighted by Crippen LogP contribution is 1.96. The number of nitrogens with one attached hydrogen (secondary N) is 2. The molecule has 0 amide bonds. The predicted molar refractivity (Wildman–Crippen MR) is 98.0 cm³/mol. The third kappa shape index (κ3) is 58.1. The first-order valence-electron chi connectivity index (χ1n) is 6.16. The number of hydrogen-bond acceptors (Lipinski definition) is 6. The number of carboxylic acid groups (broad SMARTS) is 2. The van der Waals surface area contributed by atoms with Gasteiger partial charge in [0.25, 0.3) is 10.2 Å². The van der Waals surface area contributed by atoms with Crippen molar-refractivity contribution < 1.29 is 40.7 Å². The lowest BCUT2D eigenvalue weighted by Gasteiger charge is -2.01. The molecule has 0 fully saturated rings. The van der Waals surface area contributed by atoms with E-state index in [1.54, 1.807) is 0 Å². The number of carboxylic acids is 2. The minimum Gasteiger partial charge on any atom is -0.550 e. The van der Waals surface area contributed by atoms with E-state index in [1.807, 2.05) is 0 Å². The van der Waals surface area contributed by atoms with Crippen LogP contribution in [0.25, 0.3) is 0 Å². The zero-order valence-electron chi connectivity index (χ0n) is 13.7. The lowest BCUT2D eigenvalue weighted by Crippen LogP contribution is -2.83. The first-order valence-corrected chi connectivity index (χ1v) is 6.98. The van der Waals surface area contributed by atoms with Crippen LogP contribution in [0.2, 0.25) is 0 Å². The van der Waals surface area contributed by atoms with Gasteiger partial charge in [0.05, 0.1) is 0 Å². The van der Waals surface area contributed by atoms with Crippen LogP contribution in [0.15, 0.2) is 0 Å². The minimum atomic E-state index is -1.14. The fourth-order valence-corrected chi connectivity index (χ4v) is 1.06. The van der Waals surface area contributed by atoms with Gasteiger partial charge in [-0.1, -0.05) is 0 Å². The molecule has 0 rings (SSSR count). The van der Waals surface area contributed by atoms with Crippen LogP contribution in [-0.2, 0) is 9.59 Å². The second kappa shape index (κ2) is 22.2. The predicted octanol–water partition coefficient (Wildman–Crippen LogP) is -10.4. The van der Waals surface area contributed by atoms with Crippen LogP contribution in [-0.4, -0.2) is 45.0 Å². The van der Waals surface area contributed by atoms with E-state index in [4.69, 9.17) is 34.4 Å². The van der Waals surface area contributed by atoms with Gasteiger partial charge in [0.1, 0.15) is 0 Å². The number of thiocarbonyl (C=S) groups is 2. The zero-order valence-corrected chi connectivity index (χ0v) is 15.4. The van der Waals surface area contributed by atoms with Gasteiger partial charge in [-0.15, -0.1) is 0 Å². The molecule has 16 heteroatoms. The molecule has 0 aromatic carbocycles. The van der Waals surface area contributed by atoms with Crippen LogP contribution in [0.5, 0.6) is 0 Å². The van der Waals surface area contributed by atoms with Crippen molar-refractivity contribution in [3.8, 4) is 0 Å². The number of carbonyl (C=O) groups is 2. The number of nitrogens with two attached hydrogens (primary N) is 6. The average molecular weight is 419 g/mol. The molecule has 14 nitrogen and oxygen atoms in total. The van der Waals surface area contributed by atoms with E-state index in [1.165, 1.54) is 0 Å².